The maximum Gasteiger partial charge on any atom is 0.315 e. The Hall–Kier alpha value is -4.69. The van der Waals surface area contributed by atoms with E-state index in [-0.39, 0.29) is 43.6 Å². The molecule has 0 rings (SSSR count). The smallest absolute Gasteiger partial charge is 0.315 e. The van der Waals surface area contributed by atoms with E-state index in [2.05, 4.69) is 63.8 Å². The Balaban J connectivity index is 4.79. The Bertz CT molecular complexity index is 988. The van der Waals surface area contributed by atoms with Gasteiger partial charge in [0, 0.05) is 77.5 Å². The zero-order valence-corrected chi connectivity index (χ0v) is 27.9. The molecule has 0 aliphatic carbocycles. The van der Waals surface area contributed by atoms with Crippen molar-refractivity contribution in [3.8, 4) is 0 Å². The molecule has 264 valence electrons. The number of hydrogen-bond donors (Lipinski definition) is 16. The third-order valence-electron chi connectivity index (χ3n) is 6.12. The van der Waals surface area contributed by atoms with Crippen LogP contribution in [-0.4, -0.2) is 119 Å². The van der Waals surface area contributed by atoms with E-state index in [4.69, 9.17) is 34.5 Å². The van der Waals surface area contributed by atoms with Crippen LogP contribution in [0.25, 0.3) is 0 Å². The standard InChI is InChI=1S/C25H54N16O4S/c1-15(11-34-23(44)40-17(13-36-21(42)30-3)7-5-9-32-19(26)27)38-22(43)37-14-18(8-6-10-33-20(28)29)41-24(45)35-12-16(2)39-25(46)31-4/h15-18H,5-14H2,1-4H3,(H4,26,27,32)(H4,28,29,33)(H2,30,36,42)(H2,31,39,46)(H2,34,40,44)(H2,35,41,45)(H2,37,38,43)/t15-,16-,17-,18-/m0/s1. The van der Waals surface area contributed by atoms with Crippen LogP contribution in [0.1, 0.15) is 39.5 Å². The first-order chi connectivity index (χ1) is 21.7. The van der Waals surface area contributed by atoms with Gasteiger partial charge >= 0.3 is 24.1 Å². The molecular weight excluding hydrogens is 620 g/mol. The second-order valence-electron chi connectivity index (χ2n) is 10.4. The third-order valence-corrected chi connectivity index (χ3v) is 6.45. The molecule has 20 nitrogen and oxygen atoms in total. The molecule has 0 fully saturated rings. The Morgan fingerprint density at radius 2 is 0.978 bits per heavy atom. The molecule has 0 aliphatic heterocycles. The molecule has 0 saturated carbocycles. The predicted octanol–water partition coefficient (Wildman–Crippen LogP) is -3.05. The van der Waals surface area contributed by atoms with E-state index in [1.807, 2.05) is 6.92 Å². The second kappa shape index (κ2) is 24.6. The minimum Gasteiger partial charge on any atom is -0.370 e. The van der Waals surface area contributed by atoms with Gasteiger partial charge in [0.25, 0.3) is 0 Å². The maximum atomic E-state index is 12.6. The average Bonchev–Trinajstić information content (AvgIpc) is 2.99. The van der Waals surface area contributed by atoms with Crippen LogP contribution < -0.4 is 75.3 Å². The summed E-state index contributed by atoms with van der Waals surface area (Å²) in [5, 5.41) is 47.8. The van der Waals surface area contributed by atoms with Crippen molar-refractivity contribution < 1.29 is 19.2 Å². The molecule has 0 heterocycles. The van der Waals surface area contributed by atoms with E-state index < -0.39 is 36.2 Å². The number of nitrogens with two attached hydrogens (primary N) is 2. The molecule has 0 aromatic rings. The van der Waals surface area contributed by atoms with E-state index in [1.165, 1.54) is 7.05 Å². The monoisotopic (exact) mass is 674 g/mol. The fourth-order valence-electron chi connectivity index (χ4n) is 3.75. The van der Waals surface area contributed by atoms with E-state index in [1.54, 1.807) is 14.0 Å². The molecule has 0 aromatic carbocycles. The topological polar surface area (TPSA) is 312 Å². The zero-order valence-electron chi connectivity index (χ0n) is 27.1. The summed E-state index contributed by atoms with van der Waals surface area (Å²) in [6.07, 6.45) is 2.16. The quantitative estimate of drug-likeness (QED) is 0.0266. The third kappa shape index (κ3) is 23.7. The molecule has 0 unspecified atom stereocenters. The number of rotatable bonds is 20. The molecule has 8 amide bonds. The lowest BCUT2D eigenvalue weighted by Crippen LogP contribution is -2.54. The van der Waals surface area contributed by atoms with Crippen molar-refractivity contribution in [1.82, 2.24) is 63.8 Å². The summed E-state index contributed by atoms with van der Waals surface area (Å²) >= 11 is 5.06. The highest BCUT2D eigenvalue weighted by Gasteiger charge is 2.17. The number of carbonyl (C=O) groups is 4. The molecule has 0 saturated heterocycles. The molecule has 0 spiro atoms. The molecule has 4 atom stereocenters. The summed E-state index contributed by atoms with van der Waals surface area (Å²) in [6.45, 7) is 5.16. The van der Waals surface area contributed by atoms with Crippen LogP contribution in [0, 0.1) is 10.8 Å². The van der Waals surface area contributed by atoms with E-state index in [0.717, 1.165) is 0 Å². The number of nitrogens with one attached hydrogen (secondary N) is 14. The van der Waals surface area contributed by atoms with Crippen molar-refractivity contribution in [1.29, 1.82) is 10.8 Å². The van der Waals surface area contributed by atoms with Crippen molar-refractivity contribution in [3.05, 3.63) is 0 Å². The summed E-state index contributed by atoms with van der Waals surface area (Å²) in [5.41, 5.74) is 10.6. The van der Waals surface area contributed by atoms with Gasteiger partial charge in [0.05, 0.1) is 0 Å². The van der Waals surface area contributed by atoms with Crippen LogP contribution in [0.3, 0.4) is 0 Å². The van der Waals surface area contributed by atoms with Gasteiger partial charge in [-0.15, -0.1) is 0 Å². The first-order valence-corrected chi connectivity index (χ1v) is 15.4. The summed E-state index contributed by atoms with van der Waals surface area (Å²) in [4.78, 5) is 49.2. The fraction of sp³-hybridized carbons (Fsp3) is 0.720. The van der Waals surface area contributed by atoms with Crippen molar-refractivity contribution >= 4 is 53.4 Å². The van der Waals surface area contributed by atoms with Crippen LogP contribution >= 0.6 is 12.2 Å². The normalized spacial score (nSPS) is 12.8. The lowest BCUT2D eigenvalue weighted by Gasteiger charge is -2.23. The lowest BCUT2D eigenvalue weighted by molar-refractivity contribution is 0.226. The molecule has 0 aliphatic rings. The van der Waals surface area contributed by atoms with E-state index >= 15 is 0 Å². The summed E-state index contributed by atoms with van der Waals surface area (Å²) < 4.78 is 0. The molecule has 0 radical (unpaired) electrons. The Labute approximate surface area is 275 Å². The Morgan fingerprint density at radius 3 is 1.39 bits per heavy atom. The highest BCUT2D eigenvalue weighted by molar-refractivity contribution is 7.80. The van der Waals surface area contributed by atoms with E-state index in [9.17, 15) is 19.2 Å². The van der Waals surface area contributed by atoms with E-state index in [0.29, 0.717) is 50.4 Å². The number of carbonyl (C=O) groups excluding carboxylic acids is 4. The van der Waals surface area contributed by atoms with Crippen molar-refractivity contribution in [2.75, 3.05) is 53.4 Å². The SMILES string of the molecule is CNC(=O)NC[C@H](CCCNC(=N)N)NC(=O)NC[C@H](C)NC(=O)NC[C@H](CCCNC(=N)N)NC(=O)NC[C@H](C)NC(=S)NC. The van der Waals surface area contributed by atoms with Crippen LogP contribution in [-0.2, 0) is 0 Å². The summed E-state index contributed by atoms with van der Waals surface area (Å²) in [5.74, 6) is -0.310. The molecular formula is C25H54N16O4S. The predicted molar refractivity (Wildman–Crippen MR) is 182 cm³/mol. The number of urea groups is 4. The largest absolute Gasteiger partial charge is 0.370 e. The van der Waals surface area contributed by atoms with Gasteiger partial charge in [-0.25, -0.2) is 19.2 Å². The molecule has 0 aromatic heterocycles. The van der Waals surface area contributed by atoms with Crippen LogP contribution in [0.4, 0.5) is 19.2 Å². The van der Waals surface area contributed by atoms with Crippen LogP contribution in [0.2, 0.25) is 0 Å². The van der Waals surface area contributed by atoms with Crippen molar-refractivity contribution in [2.45, 2.75) is 63.7 Å². The average molecular weight is 675 g/mol. The van der Waals surface area contributed by atoms with Crippen LogP contribution in [0.15, 0.2) is 0 Å². The Morgan fingerprint density at radius 1 is 0.587 bits per heavy atom. The molecule has 0 bridgehead atoms. The first-order valence-electron chi connectivity index (χ1n) is 15.0. The van der Waals surface area contributed by atoms with Gasteiger partial charge < -0.3 is 75.3 Å². The van der Waals surface area contributed by atoms with Crippen LogP contribution in [0.5, 0.6) is 0 Å². The van der Waals surface area contributed by atoms with Gasteiger partial charge in [-0.05, 0) is 51.7 Å². The highest BCUT2D eigenvalue weighted by Crippen LogP contribution is 1.98. The zero-order chi connectivity index (χ0) is 34.9. The molecule has 18 N–H and O–H groups in total. The van der Waals surface area contributed by atoms with Gasteiger partial charge in [0.2, 0.25) is 0 Å². The number of guanidine groups is 2. The minimum atomic E-state index is -0.493. The fourth-order valence-corrected chi connectivity index (χ4v) is 3.95. The molecule has 46 heavy (non-hydrogen) atoms. The Kier molecular flexibility index (Phi) is 22.1. The lowest BCUT2D eigenvalue weighted by atomic mass is 10.1. The highest BCUT2D eigenvalue weighted by atomic mass is 32.1. The summed E-state index contributed by atoms with van der Waals surface area (Å²) in [7, 11) is 3.18. The van der Waals surface area contributed by atoms with Gasteiger partial charge in [0.1, 0.15) is 0 Å². The number of amides is 8. The second-order valence-corrected chi connectivity index (χ2v) is 10.8. The first kappa shape index (κ1) is 41.3. The summed E-state index contributed by atoms with van der Waals surface area (Å²) in [6, 6.07) is -3.16. The van der Waals surface area contributed by atoms with Gasteiger partial charge in [-0.3, -0.25) is 10.8 Å². The number of thiocarbonyl (C=S) groups is 1. The number of hydrogen-bond acceptors (Lipinski definition) is 7. The van der Waals surface area contributed by atoms with Gasteiger partial charge in [-0.2, -0.15) is 0 Å². The van der Waals surface area contributed by atoms with Crippen molar-refractivity contribution in [2.24, 2.45) is 11.5 Å². The maximum absolute atomic E-state index is 12.6. The molecule has 21 heteroatoms. The minimum absolute atomic E-state index is 0.116. The van der Waals surface area contributed by atoms with Crippen molar-refractivity contribution in [3.63, 3.8) is 0 Å². The van der Waals surface area contributed by atoms with Gasteiger partial charge in [0.15, 0.2) is 17.0 Å². The van der Waals surface area contributed by atoms with Gasteiger partial charge in [-0.1, -0.05) is 0 Å².